The molecule has 0 heterocycles. The molecule has 0 aromatic heterocycles. The van der Waals surface area contributed by atoms with Crippen molar-refractivity contribution in [2.75, 3.05) is 0 Å². The Morgan fingerprint density at radius 2 is 0.755 bits per heavy atom. The van der Waals surface area contributed by atoms with E-state index in [9.17, 15) is 0 Å². The molecule has 0 saturated heterocycles. The van der Waals surface area contributed by atoms with Crippen molar-refractivity contribution in [3.63, 3.8) is 0 Å². The van der Waals surface area contributed by atoms with Crippen molar-refractivity contribution in [2.45, 2.75) is 31.1 Å². The van der Waals surface area contributed by atoms with Crippen LogP contribution in [0.15, 0.2) is 182 Å². The van der Waals surface area contributed by atoms with Crippen LogP contribution in [0.4, 0.5) is 0 Å². The van der Waals surface area contributed by atoms with Crippen LogP contribution in [0, 0.1) is 0 Å². The third-order valence-corrected chi connectivity index (χ3v) is 12.4. The highest BCUT2D eigenvalue weighted by Gasteiger charge is 2.45. The summed E-state index contributed by atoms with van der Waals surface area (Å²) in [5.74, 6) is 0. The van der Waals surface area contributed by atoms with Crippen LogP contribution in [0.3, 0.4) is 0 Å². The quantitative estimate of drug-likeness (QED) is 0.163. The average molecular weight is 675 g/mol. The largest absolute Gasteiger partial charge is 0.0622 e. The number of fused-ring (bicyclic) bond motifs is 8. The molecule has 53 heavy (non-hydrogen) atoms. The van der Waals surface area contributed by atoms with Crippen molar-refractivity contribution in [1.82, 2.24) is 0 Å². The van der Waals surface area contributed by atoms with E-state index in [2.05, 4.69) is 182 Å². The Morgan fingerprint density at radius 1 is 0.302 bits per heavy atom. The van der Waals surface area contributed by atoms with Gasteiger partial charge in [0, 0.05) is 5.41 Å². The maximum Gasteiger partial charge on any atom is 0.0215 e. The lowest BCUT2D eigenvalue weighted by atomic mass is 9.75. The zero-order valence-corrected chi connectivity index (χ0v) is 29.6. The molecule has 11 rings (SSSR count). The van der Waals surface area contributed by atoms with Gasteiger partial charge in [-0.1, -0.05) is 171 Å². The number of benzene rings is 9. The second-order valence-electron chi connectivity index (χ2n) is 15.2. The van der Waals surface area contributed by atoms with Crippen LogP contribution in [0.25, 0.3) is 88.0 Å². The molecular formula is C53H38. The Morgan fingerprint density at radius 3 is 1.38 bits per heavy atom. The van der Waals surface area contributed by atoms with Gasteiger partial charge in [-0.15, -0.1) is 0 Å². The highest BCUT2D eigenvalue weighted by atomic mass is 14.5. The smallest absolute Gasteiger partial charge is 0.0215 e. The summed E-state index contributed by atoms with van der Waals surface area (Å²) in [7, 11) is 0. The maximum atomic E-state index is 2.54. The Balaban J connectivity index is 1.06. The lowest BCUT2D eigenvalue weighted by molar-refractivity contribution is 0.550. The maximum absolute atomic E-state index is 2.54. The van der Waals surface area contributed by atoms with Gasteiger partial charge in [0.25, 0.3) is 0 Å². The van der Waals surface area contributed by atoms with Gasteiger partial charge in [-0.2, -0.15) is 0 Å². The SMILES string of the molecule is c1ccc(-c2ccc3c(c2)C2(CCCC2)c2cc(-c4cccc(-c5c6ccccc6c(-c6ccc7ccccc7c6)c6ccccc56)c4)ccc2-3)cc1. The van der Waals surface area contributed by atoms with Gasteiger partial charge in [-0.25, -0.2) is 0 Å². The molecule has 0 N–H and O–H groups in total. The first kappa shape index (κ1) is 30.4. The van der Waals surface area contributed by atoms with Crippen LogP contribution in [-0.4, -0.2) is 0 Å². The summed E-state index contributed by atoms with van der Waals surface area (Å²) in [6, 6.07) is 68.3. The van der Waals surface area contributed by atoms with Crippen molar-refractivity contribution < 1.29 is 0 Å². The summed E-state index contributed by atoms with van der Waals surface area (Å²) in [5, 5.41) is 7.68. The van der Waals surface area contributed by atoms with Crippen molar-refractivity contribution in [1.29, 1.82) is 0 Å². The van der Waals surface area contributed by atoms with Crippen molar-refractivity contribution in [3.8, 4) is 55.6 Å². The van der Waals surface area contributed by atoms with E-state index in [1.807, 2.05) is 0 Å². The number of hydrogen-bond donors (Lipinski definition) is 0. The second-order valence-corrected chi connectivity index (χ2v) is 15.2. The van der Waals surface area contributed by atoms with Gasteiger partial charge in [0.2, 0.25) is 0 Å². The molecule has 0 radical (unpaired) electrons. The molecule has 0 aliphatic heterocycles. The second kappa shape index (κ2) is 11.9. The lowest BCUT2D eigenvalue weighted by Gasteiger charge is -2.27. The number of hydrogen-bond acceptors (Lipinski definition) is 0. The first-order valence-electron chi connectivity index (χ1n) is 19.1. The first-order valence-corrected chi connectivity index (χ1v) is 19.1. The summed E-state index contributed by atoms with van der Waals surface area (Å²) in [6.45, 7) is 0. The molecule has 2 aliphatic rings. The monoisotopic (exact) mass is 674 g/mol. The first-order chi connectivity index (χ1) is 26.2. The van der Waals surface area contributed by atoms with Crippen LogP contribution in [0.2, 0.25) is 0 Å². The Hall–Kier alpha value is -6.24. The molecule has 9 aromatic rings. The van der Waals surface area contributed by atoms with Gasteiger partial charge in [0.1, 0.15) is 0 Å². The fraction of sp³-hybridized carbons (Fsp3) is 0.0943. The Kier molecular flexibility index (Phi) is 6.83. The molecule has 250 valence electrons. The topological polar surface area (TPSA) is 0 Å². The average Bonchev–Trinajstić information content (AvgIpc) is 3.83. The van der Waals surface area contributed by atoms with Gasteiger partial charge in [-0.3, -0.25) is 0 Å². The molecule has 0 bridgehead atoms. The minimum atomic E-state index is 0.0913. The van der Waals surface area contributed by atoms with Crippen molar-refractivity contribution in [2.24, 2.45) is 0 Å². The van der Waals surface area contributed by atoms with E-state index in [1.165, 1.54) is 125 Å². The fourth-order valence-corrected chi connectivity index (χ4v) is 9.95. The highest BCUT2D eigenvalue weighted by Crippen LogP contribution is 2.58. The molecule has 1 spiro atoms. The number of rotatable bonds is 4. The minimum absolute atomic E-state index is 0.0913. The summed E-state index contributed by atoms with van der Waals surface area (Å²) >= 11 is 0. The predicted molar refractivity (Wildman–Crippen MR) is 225 cm³/mol. The predicted octanol–water partition coefficient (Wildman–Crippen LogP) is 14.7. The van der Waals surface area contributed by atoms with E-state index in [1.54, 1.807) is 0 Å². The Labute approximate surface area is 311 Å². The zero-order valence-electron chi connectivity index (χ0n) is 29.6. The van der Waals surface area contributed by atoms with Gasteiger partial charge < -0.3 is 0 Å². The summed E-state index contributed by atoms with van der Waals surface area (Å²) in [4.78, 5) is 0. The molecule has 0 atom stereocenters. The van der Waals surface area contributed by atoms with E-state index in [0.717, 1.165) is 0 Å². The normalized spacial score (nSPS) is 14.3. The molecule has 0 amide bonds. The van der Waals surface area contributed by atoms with Crippen LogP contribution in [-0.2, 0) is 5.41 Å². The lowest BCUT2D eigenvalue weighted by Crippen LogP contribution is -2.20. The van der Waals surface area contributed by atoms with E-state index in [4.69, 9.17) is 0 Å². The van der Waals surface area contributed by atoms with Gasteiger partial charge in [0.05, 0.1) is 0 Å². The van der Waals surface area contributed by atoms with Gasteiger partial charge >= 0.3 is 0 Å². The van der Waals surface area contributed by atoms with Crippen LogP contribution >= 0.6 is 0 Å². The zero-order chi connectivity index (χ0) is 34.9. The van der Waals surface area contributed by atoms with Crippen LogP contribution in [0.1, 0.15) is 36.8 Å². The van der Waals surface area contributed by atoms with Gasteiger partial charge in [0.15, 0.2) is 0 Å². The van der Waals surface area contributed by atoms with Crippen molar-refractivity contribution >= 4 is 32.3 Å². The van der Waals surface area contributed by atoms with E-state index in [0.29, 0.717) is 0 Å². The van der Waals surface area contributed by atoms with E-state index >= 15 is 0 Å². The standard InChI is InChI=1S/C53H38/c1-2-13-35(14-3-1)39-25-27-43-44-28-26-40(34-50(44)53(49(43)33-39)29-10-11-30-53)38-17-12-18-41(32-38)51-45-19-6-8-21-47(45)52(48-22-9-7-20-46(48)51)42-24-23-36-15-4-5-16-37(36)31-42/h1-9,12-28,31-34H,10-11,29-30H2. The van der Waals surface area contributed by atoms with Crippen LogP contribution < -0.4 is 0 Å². The molecule has 0 nitrogen and oxygen atoms in total. The van der Waals surface area contributed by atoms with E-state index in [-0.39, 0.29) is 5.41 Å². The van der Waals surface area contributed by atoms with Gasteiger partial charge in [-0.05, 0) is 136 Å². The molecule has 9 aromatic carbocycles. The summed E-state index contributed by atoms with van der Waals surface area (Å²) in [6.07, 6.45) is 5.00. The van der Waals surface area contributed by atoms with Crippen LogP contribution in [0.5, 0.6) is 0 Å². The molecule has 0 heteroatoms. The summed E-state index contributed by atoms with van der Waals surface area (Å²) < 4.78 is 0. The fourth-order valence-electron chi connectivity index (χ4n) is 9.95. The Bertz CT molecular complexity index is 2830. The van der Waals surface area contributed by atoms with E-state index < -0.39 is 0 Å². The summed E-state index contributed by atoms with van der Waals surface area (Å²) in [5.41, 5.74) is 16.3. The minimum Gasteiger partial charge on any atom is -0.0622 e. The molecular weight excluding hydrogens is 637 g/mol. The molecule has 0 unspecified atom stereocenters. The molecule has 1 saturated carbocycles. The third kappa shape index (κ3) is 4.69. The molecule has 2 aliphatic carbocycles. The van der Waals surface area contributed by atoms with Crippen molar-refractivity contribution in [3.05, 3.63) is 193 Å². The highest BCUT2D eigenvalue weighted by molar-refractivity contribution is 6.21. The third-order valence-electron chi connectivity index (χ3n) is 12.4. The molecule has 1 fully saturated rings.